The minimum atomic E-state index is 0.221. The molecule has 3 rings (SSSR count). The van der Waals surface area contributed by atoms with E-state index in [1.165, 1.54) is 0 Å². The van der Waals surface area contributed by atoms with Gasteiger partial charge in [-0.1, -0.05) is 0 Å². The van der Waals surface area contributed by atoms with Crippen molar-refractivity contribution < 1.29 is 0 Å². The second kappa shape index (κ2) is 2.81. The van der Waals surface area contributed by atoms with Crippen molar-refractivity contribution in [2.75, 3.05) is 5.73 Å². The van der Waals surface area contributed by atoms with Gasteiger partial charge in [0.15, 0.2) is 5.65 Å². The smallest absolute Gasteiger partial charge is 0.222 e. The number of nitrogen functional groups attached to an aromatic ring is 1. The van der Waals surface area contributed by atoms with Crippen LogP contribution >= 0.6 is 0 Å². The molecule has 0 saturated carbocycles. The molecule has 0 amide bonds. The quantitative estimate of drug-likeness (QED) is 0.544. The maximum atomic E-state index is 5.60. The van der Waals surface area contributed by atoms with E-state index >= 15 is 0 Å². The molecule has 0 aliphatic carbocycles. The monoisotopic (exact) mass is 200 g/mol. The minimum absolute atomic E-state index is 0.221. The molecule has 0 spiro atoms. The Morgan fingerprint density at radius 3 is 2.93 bits per heavy atom. The molecule has 0 atom stereocenters. The first-order valence-corrected chi connectivity index (χ1v) is 4.45. The summed E-state index contributed by atoms with van der Waals surface area (Å²) in [6.45, 7) is 0. The minimum Gasteiger partial charge on any atom is -0.368 e. The van der Waals surface area contributed by atoms with Gasteiger partial charge in [0.1, 0.15) is 11.2 Å². The van der Waals surface area contributed by atoms with E-state index in [1.54, 1.807) is 6.33 Å². The summed E-state index contributed by atoms with van der Waals surface area (Å²) in [5.41, 5.74) is 8.58. The summed E-state index contributed by atoms with van der Waals surface area (Å²) in [5.74, 6) is 0.221. The lowest BCUT2D eigenvalue weighted by Crippen LogP contribution is -1.97. The molecule has 0 radical (unpaired) electrons. The summed E-state index contributed by atoms with van der Waals surface area (Å²) >= 11 is 0. The topological polar surface area (TPSA) is 96.3 Å². The van der Waals surface area contributed by atoms with Crippen molar-refractivity contribution in [1.82, 2.24) is 24.9 Å². The zero-order valence-corrected chi connectivity index (χ0v) is 7.73. The molecule has 6 nitrogen and oxygen atoms in total. The summed E-state index contributed by atoms with van der Waals surface area (Å²) < 4.78 is 0. The predicted molar refractivity (Wildman–Crippen MR) is 55.9 cm³/mol. The number of nitrogens with two attached hydrogens (primary N) is 1. The average molecular weight is 200 g/mol. The number of hydrogen-bond donors (Lipinski definition) is 3. The predicted octanol–water partition coefficient (Wildman–Crippen LogP) is 0.930. The van der Waals surface area contributed by atoms with E-state index < -0.39 is 0 Å². The summed E-state index contributed by atoms with van der Waals surface area (Å²) in [7, 11) is 0. The molecule has 0 aliphatic heterocycles. The third-order valence-corrected chi connectivity index (χ3v) is 2.16. The first kappa shape index (κ1) is 7.98. The van der Waals surface area contributed by atoms with Crippen LogP contribution in [0.1, 0.15) is 0 Å². The number of imidazole rings is 1. The summed E-state index contributed by atoms with van der Waals surface area (Å²) in [6.07, 6.45) is 3.40. The molecule has 4 N–H and O–H groups in total. The third kappa shape index (κ3) is 1.15. The largest absolute Gasteiger partial charge is 0.368 e. The zero-order valence-electron chi connectivity index (χ0n) is 7.73. The van der Waals surface area contributed by atoms with E-state index in [0.29, 0.717) is 5.65 Å². The molecule has 0 fully saturated rings. The van der Waals surface area contributed by atoms with Gasteiger partial charge in [-0.2, -0.15) is 4.98 Å². The summed E-state index contributed by atoms with van der Waals surface area (Å²) in [6, 6.07) is 3.82. The second-order valence-corrected chi connectivity index (χ2v) is 3.12. The number of aromatic amines is 2. The van der Waals surface area contributed by atoms with Crippen LogP contribution < -0.4 is 5.73 Å². The molecular weight excluding hydrogens is 192 g/mol. The van der Waals surface area contributed by atoms with Gasteiger partial charge in [0.05, 0.1) is 12.0 Å². The third-order valence-electron chi connectivity index (χ3n) is 2.16. The van der Waals surface area contributed by atoms with E-state index in [2.05, 4.69) is 24.9 Å². The average Bonchev–Trinajstić information content (AvgIpc) is 2.86. The number of anilines is 1. The highest BCUT2D eigenvalue weighted by Gasteiger charge is 2.10. The van der Waals surface area contributed by atoms with E-state index in [0.717, 1.165) is 16.9 Å². The molecule has 3 aromatic heterocycles. The highest BCUT2D eigenvalue weighted by molar-refractivity contribution is 5.86. The molecule has 0 aliphatic rings. The van der Waals surface area contributed by atoms with Gasteiger partial charge >= 0.3 is 0 Å². The molecule has 3 heterocycles. The molecule has 3 aromatic rings. The van der Waals surface area contributed by atoms with Crippen LogP contribution in [-0.2, 0) is 0 Å². The van der Waals surface area contributed by atoms with Crippen LogP contribution in [0.5, 0.6) is 0 Å². The van der Waals surface area contributed by atoms with Crippen LogP contribution in [0.2, 0.25) is 0 Å². The number of nitrogens with zero attached hydrogens (tertiary/aromatic N) is 3. The molecule has 15 heavy (non-hydrogen) atoms. The Kier molecular flexibility index (Phi) is 1.49. The Morgan fingerprint density at radius 1 is 1.20 bits per heavy atom. The summed E-state index contributed by atoms with van der Waals surface area (Å²) in [5, 5.41) is 0. The van der Waals surface area contributed by atoms with Gasteiger partial charge in [0.2, 0.25) is 5.95 Å². The van der Waals surface area contributed by atoms with Crippen molar-refractivity contribution in [2.24, 2.45) is 0 Å². The van der Waals surface area contributed by atoms with E-state index in [9.17, 15) is 0 Å². The highest BCUT2D eigenvalue weighted by Crippen LogP contribution is 2.22. The van der Waals surface area contributed by atoms with Crippen molar-refractivity contribution in [3.8, 4) is 11.4 Å². The van der Waals surface area contributed by atoms with Crippen molar-refractivity contribution >= 4 is 17.1 Å². The van der Waals surface area contributed by atoms with Crippen LogP contribution in [0, 0.1) is 0 Å². The van der Waals surface area contributed by atoms with E-state index in [-0.39, 0.29) is 5.95 Å². The second-order valence-electron chi connectivity index (χ2n) is 3.12. The van der Waals surface area contributed by atoms with Gasteiger partial charge in [-0.25, -0.2) is 9.97 Å². The number of hydrogen-bond acceptors (Lipinski definition) is 4. The lowest BCUT2D eigenvalue weighted by atomic mass is 10.3. The Bertz CT molecular complexity index is 594. The fourth-order valence-corrected chi connectivity index (χ4v) is 1.52. The van der Waals surface area contributed by atoms with Crippen LogP contribution in [0.4, 0.5) is 5.95 Å². The highest BCUT2D eigenvalue weighted by atomic mass is 15.1. The lowest BCUT2D eigenvalue weighted by Gasteiger charge is -1.99. The maximum absolute atomic E-state index is 5.60. The normalized spacial score (nSPS) is 10.9. The van der Waals surface area contributed by atoms with Crippen LogP contribution in [-0.4, -0.2) is 24.9 Å². The number of nitrogens with one attached hydrogen (secondary N) is 2. The van der Waals surface area contributed by atoms with Crippen molar-refractivity contribution in [3.63, 3.8) is 0 Å². The number of rotatable bonds is 1. The molecular formula is C9H8N6. The number of aromatic nitrogens is 5. The summed E-state index contributed by atoms with van der Waals surface area (Å²) in [4.78, 5) is 18.3. The van der Waals surface area contributed by atoms with Crippen LogP contribution in [0.3, 0.4) is 0 Å². The van der Waals surface area contributed by atoms with Gasteiger partial charge in [0, 0.05) is 6.20 Å². The van der Waals surface area contributed by atoms with Crippen molar-refractivity contribution in [2.45, 2.75) is 0 Å². The Hall–Kier alpha value is -2.37. The number of H-pyrrole nitrogens is 2. The molecule has 6 heteroatoms. The fourth-order valence-electron chi connectivity index (χ4n) is 1.52. The number of fused-ring (bicyclic) bond motifs is 1. The van der Waals surface area contributed by atoms with Gasteiger partial charge in [-0.05, 0) is 12.1 Å². The Labute approximate surface area is 84.6 Å². The fraction of sp³-hybridized carbons (Fsp3) is 0. The van der Waals surface area contributed by atoms with E-state index in [1.807, 2.05) is 18.3 Å². The molecule has 0 bridgehead atoms. The molecule has 74 valence electrons. The molecule has 0 aromatic carbocycles. The zero-order chi connectivity index (χ0) is 10.3. The van der Waals surface area contributed by atoms with Crippen molar-refractivity contribution in [1.29, 1.82) is 0 Å². The van der Waals surface area contributed by atoms with Crippen molar-refractivity contribution in [3.05, 3.63) is 24.7 Å². The SMILES string of the molecule is Nc1nc(-c2ccc[nH]2)c2[nH]cnc2n1. The first-order chi connectivity index (χ1) is 7.34. The van der Waals surface area contributed by atoms with Gasteiger partial charge in [-0.3, -0.25) is 0 Å². The van der Waals surface area contributed by atoms with Gasteiger partial charge in [0.25, 0.3) is 0 Å². The molecule has 0 unspecified atom stereocenters. The van der Waals surface area contributed by atoms with Crippen LogP contribution in [0.25, 0.3) is 22.6 Å². The van der Waals surface area contributed by atoms with Crippen LogP contribution in [0.15, 0.2) is 24.7 Å². The Balaban J connectivity index is 2.38. The van der Waals surface area contributed by atoms with Gasteiger partial charge < -0.3 is 15.7 Å². The molecule has 0 saturated heterocycles. The van der Waals surface area contributed by atoms with E-state index in [4.69, 9.17) is 5.73 Å². The Morgan fingerprint density at radius 2 is 2.13 bits per heavy atom. The first-order valence-electron chi connectivity index (χ1n) is 4.45. The standard InChI is InChI=1S/C9H8N6/c10-9-14-6(5-2-1-3-11-5)7-8(15-9)13-4-12-7/h1-4,11H,(H3,10,12,13,14,15). The van der Waals surface area contributed by atoms with Gasteiger partial charge in [-0.15, -0.1) is 0 Å². The maximum Gasteiger partial charge on any atom is 0.222 e. The lowest BCUT2D eigenvalue weighted by molar-refractivity contribution is 1.20.